The number of amides is 2. The molecule has 3 atom stereocenters. The lowest BCUT2D eigenvalue weighted by Gasteiger charge is -2.30. The molecule has 5 aromatic rings. The second-order valence-electron chi connectivity index (χ2n) is 14.7. The van der Waals surface area contributed by atoms with Gasteiger partial charge in [-0.15, -0.1) is 0 Å². The summed E-state index contributed by atoms with van der Waals surface area (Å²) in [7, 11) is 1.30. The molecule has 3 aliphatic heterocycles. The van der Waals surface area contributed by atoms with Crippen molar-refractivity contribution in [1.82, 2.24) is 35.5 Å². The van der Waals surface area contributed by atoms with Crippen LogP contribution in [0.15, 0.2) is 73.1 Å². The van der Waals surface area contributed by atoms with E-state index in [1.54, 1.807) is 0 Å². The van der Waals surface area contributed by atoms with Gasteiger partial charge in [0.15, 0.2) is 5.79 Å². The smallest absolute Gasteiger partial charge is 0.407 e. The molecule has 3 aliphatic rings. The highest BCUT2D eigenvalue weighted by molar-refractivity contribution is 5.91. The van der Waals surface area contributed by atoms with Crippen LogP contribution >= 0.6 is 0 Å². The molecule has 4 N–H and O–H groups in total. The predicted octanol–water partition coefficient (Wildman–Crippen LogP) is 6.28. The molecule has 8 rings (SSSR count). The summed E-state index contributed by atoms with van der Waals surface area (Å²) < 4.78 is 16.6. The molecule has 3 fully saturated rings. The first-order valence-electron chi connectivity index (χ1n) is 18.1. The van der Waals surface area contributed by atoms with Crippen molar-refractivity contribution in [3.63, 3.8) is 0 Å². The standard InChI is InChI=1S/C40H45N7O5/c1-24(2)34(46-38(49)50-4)36(48)47-15-5-6-33(47)35-41-20-32(44-35)30-14-13-28-18-27(11-12-29(28)19-30)25-7-9-26(10-8-25)31-21-42-37(45-31)39(3)22-40(23-43-39)51-16-17-52-40/h7-14,18-21,24,33-34,43H,5-6,15-17,22-23H2,1-4H3,(H,41,44)(H,42,45)(H,46,49)/t33?,34-,39-/m0/s1. The number of likely N-dealkylation sites (tertiary alicyclic amines) is 1. The Morgan fingerprint density at radius 1 is 0.904 bits per heavy atom. The number of H-pyrrole nitrogens is 2. The Bertz CT molecular complexity index is 2100. The molecule has 0 bridgehead atoms. The lowest BCUT2D eigenvalue weighted by atomic mass is 9.97. The van der Waals surface area contributed by atoms with Crippen LogP contribution in [-0.2, 0) is 24.5 Å². The first-order valence-corrected chi connectivity index (χ1v) is 18.1. The molecule has 52 heavy (non-hydrogen) atoms. The zero-order valence-electron chi connectivity index (χ0n) is 30.0. The van der Waals surface area contributed by atoms with E-state index < -0.39 is 17.9 Å². The number of carbonyl (C=O) groups excluding carboxylic acids is 2. The molecular formula is C40H45N7O5. The van der Waals surface area contributed by atoms with Crippen molar-refractivity contribution in [1.29, 1.82) is 0 Å². The number of alkyl carbamates (subject to hydrolysis) is 1. The Kier molecular flexibility index (Phi) is 8.84. The van der Waals surface area contributed by atoms with E-state index in [0.29, 0.717) is 32.7 Å². The molecule has 12 heteroatoms. The minimum absolute atomic E-state index is 0.0896. The molecular weight excluding hydrogens is 658 g/mol. The highest BCUT2D eigenvalue weighted by Gasteiger charge is 2.51. The van der Waals surface area contributed by atoms with Gasteiger partial charge in [0.05, 0.1) is 62.2 Å². The Hall–Kier alpha value is -5.04. The van der Waals surface area contributed by atoms with E-state index in [0.717, 1.165) is 68.9 Å². The number of hydrogen-bond acceptors (Lipinski definition) is 8. The number of hydrogen-bond donors (Lipinski definition) is 4. The SMILES string of the molecule is COC(=O)N[C@H](C(=O)N1CCCC1c1ncc(-c2ccc3cc(-c4ccc(-c5cnc([C@]6(C)CC7(CN6)OCCO7)[nH]5)cc4)ccc3c2)[nH]1)C(C)C. The molecule has 12 nitrogen and oxygen atoms in total. The topological polar surface area (TPSA) is 146 Å². The summed E-state index contributed by atoms with van der Waals surface area (Å²) in [6.45, 7) is 8.48. The number of carbonyl (C=O) groups is 2. The highest BCUT2D eigenvalue weighted by Crippen LogP contribution is 2.40. The number of aromatic nitrogens is 4. The van der Waals surface area contributed by atoms with Gasteiger partial charge in [-0.1, -0.05) is 62.4 Å². The first kappa shape index (κ1) is 34.1. The van der Waals surface area contributed by atoms with Crippen LogP contribution in [0.3, 0.4) is 0 Å². The summed E-state index contributed by atoms with van der Waals surface area (Å²) in [6.07, 6.45) is 5.49. The summed E-state index contributed by atoms with van der Waals surface area (Å²) in [5, 5.41) is 8.53. The van der Waals surface area contributed by atoms with Gasteiger partial charge in [-0.3, -0.25) is 10.1 Å². The molecule has 270 valence electrons. The Morgan fingerprint density at radius 3 is 2.29 bits per heavy atom. The number of rotatable bonds is 8. The third kappa shape index (κ3) is 6.35. The summed E-state index contributed by atoms with van der Waals surface area (Å²) in [4.78, 5) is 43.8. The van der Waals surface area contributed by atoms with E-state index in [1.807, 2.05) is 31.1 Å². The van der Waals surface area contributed by atoms with Crippen LogP contribution in [0.25, 0.3) is 44.4 Å². The van der Waals surface area contributed by atoms with Crippen LogP contribution < -0.4 is 10.6 Å². The van der Waals surface area contributed by atoms with E-state index in [9.17, 15) is 9.59 Å². The molecule has 2 aromatic heterocycles. The Balaban J connectivity index is 0.955. The van der Waals surface area contributed by atoms with E-state index in [4.69, 9.17) is 24.2 Å². The zero-order chi connectivity index (χ0) is 36.0. The molecule has 1 unspecified atom stereocenters. The normalized spacial score (nSPS) is 21.7. The fraction of sp³-hybridized carbons (Fsp3) is 0.400. The Morgan fingerprint density at radius 2 is 1.56 bits per heavy atom. The second kappa shape index (κ2) is 13.5. The number of nitrogens with zero attached hydrogens (tertiary/aromatic N) is 3. The molecule has 3 aromatic carbocycles. The highest BCUT2D eigenvalue weighted by atomic mass is 16.7. The van der Waals surface area contributed by atoms with Crippen LogP contribution in [0.1, 0.15) is 57.7 Å². The number of imidazole rings is 2. The summed E-state index contributed by atoms with van der Waals surface area (Å²) in [6, 6.07) is 20.6. The van der Waals surface area contributed by atoms with Gasteiger partial charge in [-0.2, -0.15) is 0 Å². The second-order valence-corrected chi connectivity index (χ2v) is 14.7. The van der Waals surface area contributed by atoms with Crippen LogP contribution in [0.2, 0.25) is 0 Å². The molecule has 0 saturated carbocycles. The van der Waals surface area contributed by atoms with E-state index >= 15 is 0 Å². The molecule has 0 radical (unpaired) electrons. The third-order valence-corrected chi connectivity index (χ3v) is 10.8. The molecule has 1 spiro atoms. The third-order valence-electron chi connectivity index (χ3n) is 10.8. The minimum Gasteiger partial charge on any atom is -0.453 e. The summed E-state index contributed by atoms with van der Waals surface area (Å²) in [5.41, 5.74) is 5.86. The maximum absolute atomic E-state index is 13.6. The maximum atomic E-state index is 13.6. The van der Waals surface area contributed by atoms with Gasteiger partial charge in [0.25, 0.3) is 0 Å². The lowest BCUT2D eigenvalue weighted by molar-refractivity contribution is -0.143. The van der Waals surface area contributed by atoms with Crippen LogP contribution in [-0.4, -0.2) is 82.1 Å². The van der Waals surface area contributed by atoms with E-state index in [-0.39, 0.29) is 23.4 Å². The van der Waals surface area contributed by atoms with Crippen molar-refractivity contribution < 1.29 is 23.8 Å². The van der Waals surface area contributed by atoms with Gasteiger partial charge in [0, 0.05) is 18.5 Å². The molecule has 5 heterocycles. The van der Waals surface area contributed by atoms with Gasteiger partial charge in [0.1, 0.15) is 17.7 Å². The largest absolute Gasteiger partial charge is 0.453 e. The first-order chi connectivity index (χ1) is 25.1. The molecule has 3 saturated heterocycles. The number of benzene rings is 3. The van der Waals surface area contributed by atoms with Gasteiger partial charge >= 0.3 is 6.09 Å². The number of aromatic amines is 2. The number of nitrogens with one attached hydrogen (secondary N) is 4. The van der Waals surface area contributed by atoms with Crippen LogP contribution in [0, 0.1) is 5.92 Å². The van der Waals surface area contributed by atoms with Crippen molar-refractivity contribution in [3.8, 4) is 33.6 Å². The van der Waals surface area contributed by atoms with E-state index in [1.165, 1.54) is 7.11 Å². The average molecular weight is 704 g/mol. The zero-order valence-corrected chi connectivity index (χ0v) is 30.0. The van der Waals surface area contributed by atoms with Crippen molar-refractivity contribution in [2.45, 2.75) is 63.4 Å². The fourth-order valence-electron chi connectivity index (χ4n) is 7.89. The molecule has 2 amide bonds. The van der Waals surface area contributed by atoms with Crippen LogP contribution in [0.4, 0.5) is 4.79 Å². The maximum Gasteiger partial charge on any atom is 0.407 e. The van der Waals surface area contributed by atoms with Gasteiger partial charge in [0.2, 0.25) is 5.91 Å². The average Bonchev–Trinajstić information content (AvgIpc) is 4.01. The summed E-state index contributed by atoms with van der Waals surface area (Å²) in [5.74, 6) is 0.857. The quantitative estimate of drug-likeness (QED) is 0.148. The predicted molar refractivity (Wildman–Crippen MR) is 197 cm³/mol. The fourth-order valence-corrected chi connectivity index (χ4v) is 7.89. The van der Waals surface area contributed by atoms with Crippen molar-refractivity contribution in [2.75, 3.05) is 33.4 Å². The van der Waals surface area contributed by atoms with Crippen molar-refractivity contribution >= 4 is 22.8 Å². The number of fused-ring (bicyclic) bond motifs is 1. The Labute approximate surface area is 302 Å². The number of ether oxygens (including phenoxy) is 3. The van der Waals surface area contributed by atoms with Crippen molar-refractivity contribution in [2.24, 2.45) is 5.92 Å². The van der Waals surface area contributed by atoms with E-state index in [2.05, 4.69) is 88.2 Å². The van der Waals surface area contributed by atoms with Crippen LogP contribution in [0.5, 0.6) is 0 Å². The van der Waals surface area contributed by atoms with Gasteiger partial charge in [-0.05, 0) is 65.3 Å². The lowest BCUT2D eigenvalue weighted by Crippen LogP contribution is -2.51. The van der Waals surface area contributed by atoms with Gasteiger partial charge < -0.3 is 34.4 Å². The van der Waals surface area contributed by atoms with Crippen molar-refractivity contribution in [3.05, 3.63) is 84.7 Å². The number of methoxy groups -OCH3 is 1. The molecule has 0 aliphatic carbocycles. The minimum atomic E-state index is -0.671. The van der Waals surface area contributed by atoms with Gasteiger partial charge in [-0.25, -0.2) is 14.8 Å². The monoisotopic (exact) mass is 703 g/mol. The summed E-state index contributed by atoms with van der Waals surface area (Å²) >= 11 is 0.